The van der Waals surface area contributed by atoms with E-state index in [1.807, 2.05) is 66.7 Å². The number of benzene rings is 4. The first-order valence-electron chi connectivity index (χ1n) is 23.8. The van der Waals surface area contributed by atoms with E-state index in [1.165, 1.54) is 0 Å². The number of aliphatic hydroxyl groups is 1. The minimum atomic E-state index is -0.736. The van der Waals surface area contributed by atoms with Crippen molar-refractivity contribution in [3.8, 4) is 0 Å². The zero-order valence-electron chi connectivity index (χ0n) is 37.2. The van der Waals surface area contributed by atoms with E-state index in [-0.39, 0.29) is 104 Å². The highest BCUT2D eigenvalue weighted by atomic mass is 16.3. The fourth-order valence-electron chi connectivity index (χ4n) is 10.2. The number of amides is 6. The summed E-state index contributed by atoms with van der Waals surface area (Å²) in [6.07, 6.45) is 5.61. The highest BCUT2D eigenvalue weighted by Crippen LogP contribution is 2.43. The molecule has 5 aliphatic rings. The summed E-state index contributed by atoms with van der Waals surface area (Å²) in [7, 11) is 0. The highest BCUT2D eigenvalue weighted by molar-refractivity contribution is 6.00. The van der Waals surface area contributed by atoms with Crippen LogP contribution in [0, 0.1) is 23.7 Å². The Balaban J connectivity index is 0.846. The van der Waals surface area contributed by atoms with Gasteiger partial charge in [-0.15, -0.1) is 0 Å². The summed E-state index contributed by atoms with van der Waals surface area (Å²) in [6, 6.07) is 36.3. The molecule has 344 valence electrons. The number of aliphatic hydroxyl groups excluding tert-OH is 1. The number of hydrogen-bond acceptors (Lipinski definition) is 7. The zero-order valence-corrected chi connectivity index (χ0v) is 37.2. The maximum atomic E-state index is 14.1. The molecule has 5 N–H and O–H groups in total. The maximum Gasteiger partial charge on any atom is 0.253 e. The Labute approximate surface area is 386 Å². The minimum Gasteiger partial charge on any atom is -0.396 e. The molecule has 0 unspecified atom stereocenters. The number of unbranched alkanes of at least 4 members (excludes halogenated alkanes) is 3. The van der Waals surface area contributed by atoms with Gasteiger partial charge in [-0.3, -0.25) is 28.8 Å². The molecule has 4 aromatic carbocycles. The van der Waals surface area contributed by atoms with E-state index in [0.717, 1.165) is 55.2 Å². The van der Waals surface area contributed by atoms with E-state index in [0.29, 0.717) is 24.1 Å². The summed E-state index contributed by atoms with van der Waals surface area (Å²) < 4.78 is 0. The summed E-state index contributed by atoms with van der Waals surface area (Å²) in [5.74, 6) is -3.99. The second-order valence-corrected chi connectivity index (χ2v) is 19.0. The molecule has 4 aromatic rings. The van der Waals surface area contributed by atoms with Gasteiger partial charge in [0, 0.05) is 86.3 Å². The number of carbonyl (C=O) groups excluding carboxylic acids is 6. The molecule has 9 rings (SSSR count). The maximum absolute atomic E-state index is 14.1. The van der Waals surface area contributed by atoms with Crippen molar-refractivity contribution in [2.45, 2.75) is 80.8 Å². The standard InChI is InChI=1S/C53H60N6O7/c60-25-13-2-1-12-24-54-48(61)41-29-58(30-42(41)49(62)55-45-26-38(45)33-14-6-3-7-15-33)52(65)36-20-22-37(23-21-36)53(66)59-31-43(50(63)56-46-27-39(46)34-16-8-4-9-17-34)44(32-59)51(64)57-47-28-40(47)35-18-10-5-11-19-35/h3-11,14-23,38-47,60H,1-2,12-13,24-32H2,(H,54,61)(H,55,62)(H,56,63)(H,57,64)/t38-,39-,40-,41-,42-,43-,44-,45+,46+,47+/m1/s1. The number of hydrogen-bond donors (Lipinski definition) is 5. The first-order chi connectivity index (χ1) is 32.2. The van der Waals surface area contributed by atoms with E-state index in [2.05, 4.69) is 45.5 Å². The molecule has 2 saturated heterocycles. The van der Waals surface area contributed by atoms with E-state index < -0.39 is 23.7 Å². The summed E-state index contributed by atoms with van der Waals surface area (Å²) in [6.45, 7) is 0.873. The largest absolute Gasteiger partial charge is 0.396 e. The first-order valence-corrected chi connectivity index (χ1v) is 23.8. The Morgan fingerprint density at radius 2 is 0.773 bits per heavy atom. The third kappa shape index (κ3) is 10.4. The van der Waals surface area contributed by atoms with Crippen molar-refractivity contribution in [3.05, 3.63) is 143 Å². The SMILES string of the molecule is O=C(NCCCCCCO)[C@@H]1CN(C(=O)c2ccc(C(=O)N3C[C@@H](C(=O)N[C@H]4C[C@@H]4c4ccccc4)[C@H](C(=O)N[C@H]4C[C@@H]4c4ccccc4)C3)cc2)C[C@H]1C(=O)N[C@H]1C[C@@H]1c1ccccc1. The van der Waals surface area contributed by atoms with Crippen LogP contribution in [0.15, 0.2) is 115 Å². The van der Waals surface area contributed by atoms with Gasteiger partial charge in [-0.1, -0.05) is 104 Å². The predicted molar refractivity (Wildman–Crippen MR) is 248 cm³/mol. The number of rotatable bonds is 18. The number of carbonyl (C=O) groups is 6. The number of nitrogens with one attached hydrogen (secondary N) is 4. The van der Waals surface area contributed by atoms with E-state index in [9.17, 15) is 28.8 Å². The molecule has 13 nitrogen and oxygen atoms in total. The van der Waals surface area contributed by atoms with Gasteiger partial charge in [-0.2, -0.15) is 0 Å². The van der Waals surface area contributed by atoms with Crippen molar-refractivity contribution in [3.63, 3.8) is 0 Å². The lowest BCUT2D eigenvalue weighted by Gasteiger charge is -2.18. The van der Waals surface area contributed by atoms with E-state index in [4.69, 9.17) is 5.11 Å². The van der Waals surface area contributed by atoms with Gasteiger partial charge in [0.2, 0.25) is 23.6 Å². The van der Waals surface area contributed by atoms with Gasteiger partial charge in [-0.05, 0) is 73.1 Å². The molecule has 2 aliphatic heterocycles. The highest BCUT2D eigenvalue weighted by Gasteiger charge is 2.50. The fourth-order valence-corrected chi connectivity index (χ4v) is 10.2. The van der Waals surface area contributed by atoms with Crippen LogP contribution in [-0.2, 0) is 19.2 Å². The molecule has 3 saturated carbocycles. The molecular weight excluding hydrogens is 833 g/mol. The molecule has 2 heterocycles. The molecule has 5 fully saturated rings. The van der Waals surface area contributed by atoms with Gasteiger partial charge in [0.25, 0.3) is 11.8 Å². The summed E-state index contributed by atoms with van der Waals surface area (Å²) in [4.78, 5) is 86.7. The molecule has 0 spiro atoms. The Morgan fingerprint density at radius 3 is 1.12 bits per heavy atom. The molecule has 0 radical (unpaired) electrons. The van der Waals surface area contributed by atoms with Crippen LogP contribution >= 0.6 is 0 Å². The number of nitrogens with zero attached hydrogens (tertiary/aromatic N) is 2. The normalized spacial score (nSPS) is 27.1. The van der Waals surface area contributed by atoms with Crippen molar-refractivity contribution in [2.24, 2.45) is 23.7 Å². The lowest BCUT2D eigenvalue weighted by molar-refractivity contribution is -0.133. The van der Waals surface area contributed by atoms with Crippen LogP contribution in [0.3, 0.4) is 0 Å². The second-order valence-electron chi connectivity index (χ2n) is 19.0. The average molecular weight is 893 g/mol. The zero-order chi connectivity index (χ0) is 45.7. The Morgan fingerprint density at radius 1 is 0.439 bits per heavy atom. The van der Waals surface area contributed by atoms with Crippen LogP contribution < -0.4 is 21.3 Å². The van der Waals surface area contributed by atoms with Crippen LogP contribution in [0.2, 0.25) is 0 Å². The lowest BCUT2D eigenvalue weighted by atomic mass is 9.94. The van der Waals surface area contributed by atoms with E-state index in [1.54, 1.807) is 34.1 Å². The predicted octanol–water partition coefficient (Wildman–Crippen LogP) is 4.75. The van der Waals surface area contributed by atoms with Gasteiger partial charge < -0.3 is 36.2 Å². The monoisotopic (exact) mass is 892 g/mol. The number of likely N-dealkylation sites (tertiary alicyclic amines) is 2. The van der Waals surface area contributed by atoms with Crippen LogP contribution in [0.1, 0.15) is 100 Å². The quantitative estimate of drug-likeness (QED) is 0.0896. The van der Waals surface area contributed by atoms with Crippen molar-refractivity contribution in [1.29, 1.82) is 0 Å². The third-order valence-electron chi connectivity index (χ3n) is 14.4. The molecular formula is C53H60N6O7. The van der Waals surface area contributed by atoms with Gasteiger partial charge in [-0.25, -0.2) is 0 Å². The molecule has 3 aliphatic carbocycles. The van der Waals surface area contributed by atoms with E-state index >= 15 is 0 Å². The van der Waals surface area contributed by atoms with Crippen LogP contribution in [0.25, 0.3) is 0 Å². The Bertz CT molecular complexity index is 2310. The van der Waals surface area contributed by atoms with Gasteiger partial charge in [0.05, 0.1) is 23.7 Å². The molecule has 6 amide bonds. The fraction of sp³-hybridized carbons (Fsp3) is 0.434. The van der Waals surface area contributed by atoms with Gasteiger partial charge >= 0.3 is 0 Å². The minimum absolute atomic E-state index is 0.0349. The van der Waals surface area contributed by atoms with Crippen molar-refractivity contribution >= 4 is 35.4 Å². The third-order valence-corrected chi connectivity index (χ3v) is 14.4. The smallest absolute Gasteiger partial charge is 0.253 e. The van der Waals surface area contributed by atoms with Crippen molar-refractivity contribution in [2.75, 3.05) is 39.3 Å². The summed E-state index contributed by atoms with van der Waals surface area (Å²) in [5.41, 5.74) is 4.10. The van der Waals surface area contributed by atoms with Crippen LogP contribution in [0.5, 0.6) is 0 Å². The van der Waals surface area contributed by atoms with Crippen molar-refractivity contribution < 1.29 is 33.9 Å². The van der Waals surface area contributed by atoms with Gasteiger partial charge in [0.1, 0.15) is 0 Å². The average Bonchev–Trinajstić information content (AvgIpc) is 4.32. The summed E-state index contributed by atoms with van der Waals surface area (Å²) >= 11 is 0. The van der Waals surface area contributed by atoms with Crippen LogP contribution in [-0.4, -0.2) is 108 Å². The second kappa shape index (κ2) is 20.0. The summed E-state index contributed by atoms with van der Waals surface area (Å²) in [5, 5.41) is 21.6. The molecule has 66 heavy (non-hydrogen) atoms. The topological polar surface area (TPSA) is 177 Å². The lowest BCUT2D eigenvalue weighted by Crippen LogP contribution is -2.43. The molecule has 10 atom stereocenters. The van der Waals surface area contributed by atoms with Gasteiger partial charge in [0.15, 0.2) is 0 Å². The van der Waals surface area contributed by atoms with Crippen molar-refractivity contribution in [1.82, 2.24) is 31.1 Å². The van der Waals surface area contributed by atoms with Crippen LogP contribution in [0.4, 0.5) is 0 Å². The first kappa shape index (κ1) is 44.8. The molecule has 13 heteroatoms. The Hall–Kier alpha value is -6.34. The molecule has 0 aromatic heterocycles. The molecule has 0 bridgehead atoms. The Kier molecular flexibility index (Phi) is 13.6.